The summed E-state index contributed by atoms with van der Waals surface area (Å²) in [5, 5.41) is 0. The number of carbonyl (C=O) groups is 1. The van der Waals surface area contributed by atoms with Crippen LogP contribution in [0.1, 0.15) is 23.6 Å². The zero-order valence-corrected chi connectivity index (χ0v) is 19.1. The molecule has 2 aromatic rings. The van der Waals surface area contributed by atoms with Gasteiger partial charge in [-0.2, -0.15) is 0 Å². The summed E-state index contributed by atoms with van der Waals surface area (Å²) in [6.07, 6.45) is 1.86. The number of para-hydroxylation sites is 1. The average molecular weight is 430 g/mol. The molecule has 0 N–H and O–H groups in total. The maximum atomic E-state index is 13.0. The minimum absolute atomic E-state index is 0.160. The molecule has 0 radical (unpaired) electrons. The van der Waals surface area contributed by atoms with Crippen molar-refractivity contribution in [1.82, 2.24) is 4.90 Å². The summed E-state index contributed by atoms with van der Waals surface area (Å²) in [6.45, 7) is 8.68. The quantitative estimate of drug-likeness (QED) is 0.708. The molecule has 1 heterocycles. The molecule has 1 aliphatic heterocycles. The molecule has 7 heteroatoms. The van der Waals surface area contributed by atoms with Crippen LogP contribution in [-0.4, -0.2) is 58.2 Å². The summed E-state index contributed by atoms with van der Waals surface area (Å²) in [6, 6.07) is 13.6. The van der Waals surface area contributed by atoms with Gasteiger partial charge in [-0.25, -0.2) is 8.42 Å². The van der Waals surface area contributed by atoms with E-state index in [4.69, 9.17) is 0 Å². The van der Waals surface area contributed by atoms with Gasteiger partial charge in [0.05, 0.1) is 11.9 Å². The third-order valence-corrected chi connectivity index (χ3v) is 7.00. The summed E-state index contributed by atoms with van der Waals surface area (Å²) in [5.74, 6) is -0.160. The Morgan fingerprint density at radius 3 is 2.30 bits per heavy atom. The smallest absolute Gasteiger partial charge is 0.243 e. The lowest BCUT2D eigenvalue weighted by Gasteiger charge is -2.38. The van der Waals surface area contributed by atoms with Crippen LogP contribution in [0.2, 0.25) is 0 Å². The molecule has 1 amide bonds. The van der Waals surface area contributed by atoms with Crippen LogP contribution in [0.3, 0.4) is 0 Å². The Kier molecular flexibility index (Phi) is 6.71. The van der Waals surface area contributed by atoms with Crippen molar-refractivity contribution in [3.8, 4) is 0 Å². The third-order valence-electron chi connectivity index (χ3n) is 5.87. The lowest BCUT2D eigenvalue weighted by molar-refractivity contribution is -0.129. The van der Waals surface area contributed by atoms with Crippen molar-refractivity contribution in [2.24, 2.45) is 0 Å². The largest absolute Gasteiger partial charge is 0.368 e. The molecule has 0 spiro atoms. The highest BCUT2D eigenvalue weighted by atomic mass is 32.2. The van der Waals surface area contributed by atoms with Crippen LogP contribution in [-0.2, 0) is 21.2 Å². The summed E-state index contributed by atoms with van der Waals surface area (Å²) in [7, 11) is -3.57. The predicted octanol–water partition coefficient (Wildman–Crippen LogP) is 2.98. The molecule has 1 saturated heterocycles. The lowest BCUT2D eigenvalue weighted by atomic mass is 10.1. The fraction of sp³-hybridized carbons (Fsp3) is 0.435. The van der Waals surface area contributed by atoms with Gasteiger partial charge in [0, 0.05) is 31.9 Å². The highest BCUT2D eigenvalue weighted by molar-refractivity contribution is 7.92. The minimum Gasteiger partial charge on any atom is -0.368 e. The first-order valence-electron chi connectivity index (χ1n) is 10.4. The van der Waals surface area contributed by atoms with Crippen molar-refractivity contribution in [2.75, 3.05) is 48.2 Å². The van der Waals surface area contributed by atoms with Gasteiger partial charge in [-0.05, 0) is 49.1 Å². The SMILES string of the molecule is CCc1ccccc1N(CC(=O)N1CCN(c2cccc(C)c2C)CC1)S(C)(=O)=O. The summed E-state index contributed by atoms with van der Waals surface area (Å²) in [4.78, 5) is 17.1. The Morgan fingerprint density at radius 2 is 1.67 bits per heavy atom. The number of anilines is 2. The monoisotopic (exact) mass is 429 g/mol. The van der Waals surface area contributed by atoms with E-state index in [1.54, 1.807) is 17.0 Å². The van der Waals surface area contributed by atoms with E-state index in [0.717, 1.165) is 24.9 Å². The van der Waals surface area contributed by atoms with Crippen LogP contribution in [0.5, 0.6) is 0 Å². The van der Waals surface area contributed by atoms with Crippen molar-refractivity contribution >= 4 is 27.3 Å². The van der Waals surface area contributed by atoms with Gasteiger partial charge in [0.25, 0.3) is 0 Å². The topological polar surface area (TPSA) is 60.9 Å². The van der Waals surface area contributed by atoms with Crippen molar-refractivity contribution in [2.45, 2.75) is 27.2 Å². The molecular formula is C23H31N3O3S. The molecule has 30 heavy (non-hydrogen) atoms. The molecule has 6 nitrogen and oxygen atoms in total. The van der Waals surface area contributed by atoms with Crippen molar-refractivity contribution in [1.29, 1.82) is 0 Å². The highest BCUT2D eigenvalue weighted by Gasteiger charge is 2.28. The number of hydrogen-bond acceptors (Lipinski definition) is 4. The molecule has 0 atom stereocenters. The average Bonchev–Trinajstić information content (AvgIpc) is 2.73. The number of piperazine rings is 1. The second-order valence-corrected chi connectivity index (χ2v) is 9.75. The first kappa shape index (κ1) is 22.2. The van der Waals surface area contributed by atoms with Gasteiger partial charge < -0.3 is 9.80 Å². The van der Waals surface area contributed by atoms with E-state index in [-0.39, 0.29) is 12.5 Å². The maximum absolute atomic E-state index is 13.0. The van der Waals surface area contributed by atoms with Crippen LogP contribution in [0.4, 0.5) is 11.4 Å². The Labute approximate surface area is 180 Å². The van der Waals surface area contributed by atoms with Gasteiger partial charge in [-0.15, -0.1) is 0 Å². The minimum atomic E-state index is -3.57. The molecule has 3 rings (SSSR count). The van der Waals surface area contributed by atoms with Gasteiger partial charge in [0.15, 0.2) is 0 Å². The van der Waals surface area contributed by atoms with Crippen LogP contribution >= 0.6 is 0 Å². The Balaban J connectivity index is 1.71. The van der Waals surface area contributed by atoms with E-state index in [9.17, 15) is 13.2 Å². The fourth-order valence-corrected chi connectivity index (χ4v) is 4.81. The number of amides is 1. The Morgan fingerprint density at radius 1 is 1.00 bits per heavy atom. The van der Waals surface area contributed by atoms with Crippen LogP contribution in [0, 0.1) is 13.8 Å². The van der Waals surface area contributed by atoms with Gasteiger partial charge in [0.1, 0.15) is 6.54 Å². The number of sulfonamides is 1. The maximum Gasteiger partial charge on any atom is 0.243 e. The van der Waals surface area contributed by atoms with Crippen LogP contribution < -0.4 is 9.21 Å². The van der Waals surface area contributed by atoms with Crippen LogP contribution in [0.25, 0.3) is 0 Å². The number of benzene rings is 2. The summed E-state index contributed by atoms with van der Waals surface area (Å²) >= 11 is 0. The molecule has 1 fully saturated rings. The molecule has 0 aromatic heterocycles. The first-order chi connectivity index (χ1) is 14.2. The molecule has 0 aliphatic carbocycles. The number of carbonyl (C=O) groups excluding carboxylic acids is 1. The van der Waals surface area contributed by atoms with E-state index < -0.39 is 10.0 Å². The molecule has 0 unspecified atom stereocenters. The first-order valence-corrected chi connectivity index (χ1v) is 12.2. The summed E-state index contributed by atoms with van der Waals surface area (Å²) < 4.78 is 26.2. The molecule has 2 aromatic carbocycles. The molecule has 1 aliphatic rings. The van der Waals surface area contributed by atoms with Gasteiger partial charge in [-0.3, -0.25) is 9.10 Å². The normalized spacial score (nSPS) is 14.7. The fourth-order valence-electron chi connectivity index (χ4n) is 3.93. The number of nitrogens with zero attached hydrogens (tertiary/aromatic N) is 3. The van der Waals surface area contributed by atoms with Gasteiger partial charge >= 0.3 is 0 Å². The Bertz CT molecular complexity index is 1010. The van der Waals surface area contributed by atoms with Crippen molar-refractivity contribution < 1.29 is 13.2 Å². The highest BCUT2D eigenvalue weighted by Crippen LogP contribution is 2.25. The second kappa shape index (κ2) is 9.08. The number of rotatable bonds is 6. The number of hydrogen-bond donors (Lipinski definition) is 0. The predicted molar refractivity (Wildman–Crippen MR) is 123 cm³/mol. The molecular weight excluding hydrogens is 398 g/mol. The number of aryl methyl sites for hydroxylation is 2. The molecule has 0 saturated carbocycles. The van der Waals surface area contributed by atoms with E-state index in [1.165, 1.54) is 21.1 Å². The standard InChI is InChI=1S/C23H31N3O3S/c1-5-20-10-6-7-11-22(20)26(30(4,28)29)17-23(27)25-15-13-24(14-16-25)21-12-8-9-18(2)19(21)3/h6-12H,5,13-17H2,1-4H3. The van der Waals surface area contributed by atoms with E-state index in [0.29, 0.717) is 25.2 Å². The third kappa shape index (κ3) is 4.78. The van der Waals surface area contributed by atoms with Crippen LogP contribution in [0.15, 0.2) is 42.5 Å². The molecule has 0 bridgehead atoms. The Hall–Kier alpha value is -2.54. The lowest BCUT2D eigenvalue weighted by Crippen LogP contribution is -2.52. The van der Waals surface area contributed by atoms with Gasteiger partial charge in [-0.1, -0.05) is 37.3 Å². The van der Waals surface area contributed by atoms with E-state index >= 15 is 0 Å². The zero-order chi connectivity index (χ0) is 21.9. The van der Waals surface area contributed by atoms with Crippen molar-refractivity contribution in [3.05, 3.63) is 59.2 Å². The zero-order valence-electron chi connectivity index (χ0n) is 18.3. The second-order valence-electron chi connectivity index (χ2n) is 7.84. The van der Waals surface area contributed by atoms with Gasteiger partial charge in [0.2, 0.25) is 15.9 Å². The van der Waals surface area contributed by atoms with E-state index in [1.807, 2.05) is 19.1 Å². The summed E-state index contributed by atoms with van der Waals surface area (Å²) in [5.41, 5.74) is 5.22. The van der Waals surface area contributed by atoms with E-state index in [2.05, 4.69) is 36.9 Å². The molecule has 162 valence electrons. The van der Waals surface area contributed by atoms with Crippen molar-refractivity contribution in [3.63, 3.8) is 0 Å².